The fraction of sp³-hybridized carbons (Fsp3) is 0.462. The van der Waals surface area contributed by atoms with E-state index in [2.05, 4.69) is 24.3 Å². The summed E-state index contributed by atoms with van der Waals surface area (Å²) < 4.78 is 0. The molecule has 0 heterocycles. The van der Waals surface area contributed by atoms with Gasteiger partial charge < -0.3 is 5.11 Å². The van der Waals surface area contributed by atoms with E-state index < -0.39 is 5.97 Å². The first-order valence-corrected chi connectivity index (χ1v) is 5.45. The van der Waals surface area contributed by atoms with Crippen LogP contribution in [0.2, 0.25) is 0 Å². The summed E-state index contributed by atoms with van der Waals surface area (Å²) >= 11 is 0. The van der Waals surface area contributed by atoms with Gasteiger partial charge in [0.2, 0.25) is 0 Å². The van der Waals surface area contributed by atoms with Crippen molar-refractivity contribution in [3.63, 3.8) is 0 Å². The third-order valence-electron chi connectivity index (χ3n) is 3.38. The first kappa shape index (κ1) is 10.2. The summed E-state index contributed by atoms with van der Waals surface area (Å²) in [7, 11) is 0. The highest BCUT2D eigenvalue weighted by atomic mass is 16.4. The van der Waals surface area contributed by atoms with Crippen LogP contribution in [0, 0.1) is 11.8 Å². The maximum absolute atomic E-state index is 10.6. The number of carboxylic acids is 1. The average Bonchev–Trinajstić information content (AvgIpc) is 2.59. The zero-order valence-corrected chi connectivity index (χ0v) is 8.94. The maximum Gasteiger partial charge on any atom is 0.303 e. The van der Waals surface area contributed by atoms with Gasteiger partial charge in [0.25, 0.3) is 0 Å². The molecule has 2 nitrogen and oxygen atoms in total. The molecule has 80 valence electrons. The highest BCUT2D eigenvalue weighted by Crippen LogP contribution is 2.32. The van der Waals surface area contributed by atoms with Gasteiger partial charge in [-0.2, -0.15) is 0 Å². The van der Waals surface area contributed by atoms with Crippen LogP contribution in [0.1, 0.15) is 24.5 Å². The summed E-state index contributed by atoms with van der Waals surface area (Å²) in [5, 5.41) is 8.76. The molecule has 0 aliphatic heterocycles. The molecule has 0 radical (unpaired) electrons. The predicted molar refractivity (Wildman–Crippen MR) is 58.8 cm³/mol. The second-order valence-electron chi connectivity index (χ2n) is 4.51. The summed E-state index contributed by atoms with van der Waals surface area (Å²) in [5.41, 5.74) is 2.81. The molecule has 0 bridgehead atoms. The lowest BCUT2D eigenvalue weighted by Gasteiger charge is -2.16. The molecule has 1 aromatic rings. The van der Waals surface area contributed by atoms with Gasteiger partial charge in [0.1, 0.15) is 0 Å². The quantitative estimate of drug-likeness (QED) is 0.821. The van der Waals surface area contributed by atoms with Crippen LogP contribution in [0.15, 0.2) is 24.3 Å². The fourth-order valence-electron chi connectivity index (χ4n) is 2.44. The second kappa shape index (κ2) is 4.05. The lowest BCUT2D eigenvalue weighted by atomic mass is 9.89. The average molecular weight is 204 g/mol. The lowest BCUT2D eigenvalue weighted by Crippen LogP contribution is -2.15. The molecule has 1 unspecified atom stereocenters. The molecule has 2 heteroatoms. The number of aliphatic carboxylic acids is 1. The molecule has 2 rings (SSSR count). The van der Waals surface area contributed by atoms with E-state index in [0.29, 0.717) is 12.3 Å². The van der Waals surface area contributed by atoms with Gasteiger partial charge in [0.05, 0.1) is 0 Å². The molecule has 0 saturated carbocycles. The SMILES string of the molecule is CC(CC(=O)O)C1Cc2ccccc2C1. The molecule has 0 aromatic heterocycles. The lowest BCUT2D eigenvalue weighted by molar-refractivity contribution is -0.138. The minimum Gasteiger partial charge on any atom is -0.481 e. The van der Waals surface area contributed by atoms with E-state index in [4.69, 9.17) is 5.11 Å². The largest absolute Gasteiger partial charge is 0.481 e. The van der Waals surface area contributed by atoms with E-state index in [-0.39, 0.29) is 5.92 Å². The standard InChI is InChI=1S/C13H16O2/c1-9(6-13(14)15)12-7-10-4-2-3-5-11(10)8-12/h2-5,9,12H,6-8H2,1H3,(H,14,15). The Labute approximate surface area is 89.9 Å². The molecule has 0 saturated heterocycles. The van der Waals surface area contributed by atoms with Gasteiger partial charge in [-0.25, -0.2) is 0 Å². The van der Waals surface area contributed by atoms with E-state index in [1.54, 1.807) is 0 Å². The van der Waals surface area contributed by atoms with Crippen LogP contribution >= 0.6 is 0 Å². The topological polar surface area (TPSA) is 37.3 Å². The monoisotopic (exact) mass is 204 g/mol. The molecule has 1 N–H and O–H groups in total. The number of rotatable bonds is 3. The Balaban J connectivity index is 2.03. The summed E-state index contributed by atoms with van der Waals surface area (Å²) in [5.74, 6) is 0.104. The van der Waals surface area contributed by atoms with Gasteiger partial charge >= 0.3 is 5.97 Å². The number of fused-ring (bicyclic) bond motifs is 1. The van der Waals surface area contributed by atoms with Crippen molar-refractivity contribution in [1.29, 1.82) is 0 Å². The molecule has 0 fully saturated rings. The van der Waals surface area contributed by atoms with Crippen molar-refractivity contribution in [3.05, 3.63) is 35.4 Å². The van der Waals surface area contributed by atoms with Gasteiger partial charge in [-0.15, -0.1) is 0 Å². The number of benzene rings is 1. The number of hydrogen-bond donors (Lipinski definition) is 1. The van der Waals surface area contributed by atoms with Crippen molar-refractivity contribution in [3.8, 4) is 0 Å². The van der Waals surface area contributed by atoms with Crippen molar-refractivity contribution < 1.29 is 9.90 Å². The normalized spacial score (nSPS) is 17.4. The zero-order valence-electron chi connectivity index (χ0n) is 8.94. The molecule has 0 amide bonds. The molecule has 0 spiro atoms. The smallest absolute Gasteiger partial charge is 0.303 e. The summed E-state index contributed by atoms with van der Waals surface area (Å²) in [4.78, 5) is 10.6. The van der Waals surface area contributed by atoms with Crippen LogP contribution in [-0.4, -0.2) is 11.1 Å². The number of carbonyl (C=O) groups is 1. The third-order valence-corrected chi connectivity index (χ3v) is 3.38. The van der Waals surface area contributed by atoms with Gasteiger partial charge in [-0.05, 0) is 35.8 Å². The van der Waals surface area contributed by atoms with Crippen molar-refractivity contribution in [2.75, 3.05) is 0 Å². The fourth-order valence-corrected chi connectivity index (χ4v) is 2.44. The zero-order chi connectivity index (χ0) is 10.8. The minimum absolute atomic E-state index is 0.273. The van der Waals surface area contributed by atoms with Crippen molar-refractivity contribution in [1.82, 2.24) is 0 Å². The van der Waals surface area contributed by atoms with E-state index in [1.807, 2.05) is 6.92 Å². The molecule has 15 heavy (non-hydrogen) atoms. The number of hydrogen-bond acceptors (Lipinski definition) is 1. The van der Waals surface area contributed by atoms with Crippen molar-refractivity contribution in [2.24, 2.45) is 11.8 Å². The Bertz CT molecular complexity index is 346. The predicted octanol–water partition coefficient (Wildman–Crippen LogP) is 2.51. The highest BCUT2D eigenvalue weighted by Gasteiger charge is 2.26. The molecular weight excluding hydrogens is 188 g/mol. The number of carboxylic acid groups (broad SMARTS) is 1. The molecule has 1 aliphatic carbocycles. The van der Waals surface area contributed by atoms with Crippen LogP contribution in [0.4, 0.5) is 0 Å². The first-order valence-electron chi connectivity index (χ1n) is 5.45. The highest BCUT2D eigenvalue weighted by molar-refractivity contribution is 5.67. The van der Waals surface area contributed by atoms with Crippen LogP contribution in [-0.2, 0) is 17.6 Å². The van der Waals surface area contributed by atoms with Crippen LogP contribution in [0.5, 0.6) is 0 Å². The van der Waals surface area contributed by atoms with Crippen LogP contribution in [0.25, 0.3) is 0 Å². The van der Waals surface area contributed by atoms with E-state index in [1.165, 1.54) is 11.1 Å². The Morgan fingerprint density at radius 2 is 1.93 bits per heavy atom. The van der Waals surface area contributed by atoms with Crippen LogP contribution in [0.3, 0.4) is 0 Å². The van der Waals surface area contributed by atoms with E-state index in [0.717, 1.165) is 12.8 Å². The Hall–Kier alpha value is -1.31. The maximum atomic E-state index is 10.6. The third kappa shape index (κ3) is 2.20. The molecule has 1 aliphatic rings. The molecular formula is C13H16O2. The van der Waals surface area contributed by atoms with Crippen LogP contribution < -0.4 is 0 Å². The Morgan fingerprint density at radius 3 is 2.40 bits per heavy atom. The molecule has 1 atom stereocenters. The second-order valence-corrected chi connectivity index (χ2v) is 4.51. The van der Waals surface area contributed by atoms with E-state index >= 15 is 0 Å². The Kier molecular flexibility index (Phi) is 2.76. The Morgan fingerprint density at radius 1 is 1.40 bits per heavy atom. The minimum atomic E-state index is -0.682. The summed E-state index contributed by atoms with van der Waals surface area (Å²) in [6.07, 6.45) is 2.38. The first-order chi connectivity index (χ1) is 7.16. The summed E-state index contributed by atoms with van der Waals surface area (Å²) in [6.45, 7) is 2.05. The van der Waals surface area contributed by atoms with E-state index in [9.17, 15) is 4.79 Å². The van der Waals surface area contributed by atoms with Gasteiger partial charge in [0.15, 0.2) is 0 Å². The molecule has 1 aromatic carbocycles. The summed E-state index contributed by atoms with van der Waals surface area (Å²) in [6, 6.07) is 8.43. The van der Waals surface area contributed by atoms with Gasteiger partial charge in [-0.1, -0.05) is 31.2 Å². The van der Waals surface area contributed by atoms with Crippen molar-refractivity contribution in [2.45, 2.75) is 26.2 Å². The van der Waals surface area contributed by atoms with Crippen molar-refractivity contribution >= 4 is 5.97 Å². The van der Waals surface area contributed by atoms with Gasteiger partial charge in [0, 0.05) is 6.42 Å². The van der Waals surface area contributed by atoms with Gasteiger partial charge in [-0.3, -0.25) is 4.79 Å².